The molecule has 0 spiro atoms. The topological polar surface area (TPSA) is 115 Å². The lowest BCUT2D eigenvalue weighted by Crippen LogP contribution is -2.14. The monoisotopic (exact) mass is 337 g/mol. The van der Waals surface area contributed by atoms with E-state index in [2.05, 4.69) is 5.32 Å². The molecule has 0 heterocycles. The van der Waals surface area contributed by atoms with Gasteiger partial charge in [-0.2, -0.15) is 0 Å². The van der Waals surface area contributed by atoms with E-state index >= 15 is 0 Å². The molecular formula is C17H11N3O5. The molecule has 0 aliphatic heterocycles. The van der Waals surface area contributed by atoms with Gasteiger partial charge in [0.2, 0.25) is 0 Å². The van der Waals surface area contributed by atoms with Crippen molar-refractivity contribution >= 4 is 33.7 Å². The molecule has 0 unspecified atom stereocenters. The van der Waals surface area contributed by atoms with Crippen molar-refractivity contribution in [3.05, 3.63) is 86.5 Å². The molecule has 124 valence electrons. The van der Waals surface area contributed by atoms with Gasteiger partial charge in [-0.25, -0.2) is 0 Å². The summed E-state index contributed by atoms with van der Waals surface area (Å²) in [7, 11) is 0. The molecule has 1 amide bonds. The van der Waals surface area contributed by atoms with E-state index in [1.807, 2.05) is 30.3 Å². The lowest BCUT2D eigenvalue weighted by Gasteiger charge is -2.09. The van der Waals surface area contributed by atoms with Gasteiger partial charge >= 0.3 is 0 Å². The van der Waals surface area contributed by atoms with E-state index in [4.69, 9.17) is 0 Å². The van der Waals surface area contributed by atoms with Crippen LogP contribution in [0.5, 0.6) is 0 Å². The van der Waals surface area contributed by atoms with E-state index in [1.165, 1.54) is 0 Å². The van der Waals surface area contributed by atoms with Crippen LogP contribution >= 0.6 is 0 Å². The Morgan fingerprint density at radius 3 is 2.32 bits per heavy atom. The van der Waals surface area contributed by atoms with E-state index in [0.717, 1.165) is 29.0 Å². The third-order valence-corrected chi connectivity index (χ3v) is 3.67. The number of hydrogen-bond acceptors (Lipinski definition) is 5. The molecule has 3 aromatic rings. The van der Waals surface area contributed by atoms with Crippen molar-refractivity contribution < 1.29 is 14.6 Å². The molecule has 3 aromatic carbocycles. The zero-order valence-corrected chi connectivity index (χ0v) is 12.7. The zero-order chi connectivity index (χ0) is 18.0. The van der Waals surface area contributed by atoms with Crippen LogP contribution in [0.3, 0.4) is 0 Å². The van der Waals surface area contributed by atoms with Gasteiger partial charge in [0, 0.05) is 17.1 Å². The average Bonchev–Trinajstić information content (AvgIpc) is 2.61. The number of rotatable bonds is 4. The summed E-state index contributed by atoms with van der Waals surface area (Å²) in [5.41, 5.74) is -0.820. The molecule has 0 aromatic heterocycles. The maximum absolute atomic E-state index is 12.5. The number of nitrogens with one attached hydrogen (secondary N) is 1. The smallest absolute Gasteiger partial charge is 0.289 e. The number of carbonyl (C=O) groups excluding carboxylic acids is 1. The summed E-state index contributed by atoms with van der Waals surface area (Å²) in [5, 5.41) is 26.3. The maximum atomic E-state index is 12.5. The predicted octanol–water partition coefficient (Wildman–Crippen LogP) is 3.91. The minimum atomic E-state index is -0.814. The van der Waals surface area contributed by atoms with Crippen molar-refractivity contribution in [2.45, 2.75) is 0 Å². The Balaban J connectivity index is 2.01. The highest BCUT2D eigenvalue weighted by molar-refractivity contribution is 6.11. The van der Waals surface area contributed by atoms with Gasteiger partial charge in [0.15, 0.2) is 0 Å². The summed E-state index contributed by atoms with van der Waals surface area (Å²) in [5.74, 6) is -0.710. The minimum Gasteiger partial charge on any atom is -0.321 e. The Labute approximate surface area is 141 Å². The summed E-state index contributed by atoms with van der Waals surface area (Å²) in [6.45, 7) is 0. The maximum Gasteiger partial charge on any atom is 0.289 e. The van der Waals surface area contributed by atoms with E-state index < -0.39 is 27.1 Å². The van der Waals surface area contributed by atoms with Crippen LogP contribution in [-0.4, -0.2) is 15.8 Å². The number of non-ortho nitro benzene ring substituents is 1. The molecule has 8 nitrogen and oxygen atoms in total. The number of carbonyl (C=O) groups is 1. The highest BCUT2D eigenvalue weighted by Crippen LogP contribution is 2.27. The van der Waals surface area contributed by atoms with Crippen LogP contribution in [0.2, 0.25) is 0 Å². The van der Waals surface area contributed by atoms with Crippen molar-refractivity contribution in [2.75, 3.05) is 5.32 Å². The van der Waals surface area contributed by atoms with Crippen molar-refractivity contribution in [1.82, 2.24) is 0 Å². The van der Waals surface area contributed by atoms with Gasteiger partial charge in [-0.1, -0.05) is 36.4 Å². The number of hydrogen-bond donors (Lipinski definition) is 1. The predicted molar refractivity (Wildman–Crippen MR) is 91.7 cm³/mol. The Morgan fingerprint density at radius 2 is 1.60 bits per heavy atom. The summed E-state index contributed by atoms with van der Waals surface area (Å²) in [6, 6.07) is 15.6. The average molecular weight is 337 g/mol. The summed E-state index contributed by atoms with van der Waals surface area (Å²) in [4.78, 5) is 32.9. The van der Waals surface area contributed by atoms with Gasteiger partial charge < -0.3 is 5.32 Å². The third-order valence-electron chi connectivity index (χ3n) is 3.67. The number of amides is 1. The number of anilines is 1. The Hall–Kier alpha value is -3.81. The summed E-state index contributed by atoms with van der Waals surface area (Å²) < 4.78 is 0. The van der Waals surface area contributed by atoms with Crippen molar-refractivity contribution in [3.63, 3.8) is 0 Å². The van der Waals surface area contributed by atoms with Crippen LogP contribution in [-0.2, 0) is 0 Å². The fraction of sp³-hybridized carbons (Fsp3) is 0. The standard InChI is InChI=1S/C17H11N3O5/c21-17(14-9-8-12(19(22)23)10-16(14)20(24)25)18-15-7-3-5-11-4-1-2-6-13(11)15/h1-10H,(H,18,21). The summed E-state index contributed by atoms with van der Waals surface area (Å²) >= 11 is 0. The second-order valence-electron chi connectivity index (χ2n) is 5.20. The normalized spacial score (nSPS) is 10.4. The molecule has 25 heavy (non-hydrogen) atoms. The Kier molecular flexibility index (Phi) is 4.09. The zero-order valence-electron chi connectivity index (χ0n) is 12.7. The van der Waals surface area contributed by atoms with Gasteiger partial charge in [0.1, 0.15) is 5.56 Å². The SMILES string of the molecule is O=C(Nc1cccc2ccccc12)c1ccc([N+](=O)[O-])cc1[N+](=O)[O-]. The molecule has 0 atom stereocenters. The minimum absolute atomic E-state index is 0.247. The van der Waals surface area contributed by atoms with Crippen molar-refractivity contribution in [2.24, 2.45) is 0 Å². The van der Waals surface area contributed by atoms with E-state index in [9.17, 15) is 25.0 Å². The van der Waals surface area contributed by atoms with Gasteiger partial charge in [0.05, 0.1) is 15.9 Å². The molecule has 0 bridgehead atoms. The van der Waals surface area contributed by atoms with Gasteiger partial charge in [-0.15, -0.1) is 0 Å². The van der Waals surface area contributed by atoms with Crippen LogP contribution < -0.4 is 5.32 Å². The number of nitro benzene ring substituents is 2. The Morgan fingerprint density at radius 1 is 0.880 bits per heavy atom. The fourth-order valence-corrected chi connectivity index (χ4v) is 2.50. The first-order chi connectivity index (χ1) is 12.0. The van der Waals surface area contributed by atoms with Crippen LogP contribution in [0.4, 0.5) is 17.1 Å². The molecule has 1 N–H and O–H groups in total. The molecule has 0 aliphatic carbocycles. The second kappa shape index (κ2) is 6.36. The molecule has 0 saturated heterocycles. The van der Waals surface area contributed by atoms with Crippen molar-refractivity contribution in [3.8, 4) is 0 Å². The lowest BCUT2D eigenvalue weighted by atomic mass is 10.1. The molecule has 0 saturated carbocycles. The first-order valence-electron chi connectivity index (χ1n) is 7.19. The van der Waals surface area contributed by atoms with Crippen molar-refractivity contribution in [1.29, 1.82) is 0 Å². The second-order valence-corrected chi connectivity index (χ2v) is 5.20. The fourth-order valence-electron chi connectivity index (χ4n) is 2.50. The molecule has 0 radical (unpaired) electrons. The largest absolute Gasteiger partial charge is 0.321 e. The van der Waals surface area contributed by atoms with E-state index in [0.29, 0.717) is 5.69 Å². The first-order valence-corrected chi connectivity index (χ1v) is 7.19. The molecule has 3 rings (SSSR count). The van der Waals surface area contributed by atoms with E-state index in [1.54, 1.807) is 12.1 Å². The van der Waals surface area contributed by atoms with E-state index in [-0.39, 0.29) is 5.56 Å². The summed E-state index contributed by atoms with van der Waals surface area (Å²) in [6.07, 6.45) is 0. The number of nitro groups is 2. The highest BCUT2D eigenvalue weighted by Gasteiger charge is 2.24. The van der Waals surface area contributed by atoms with Gasteiger partial charge in [-0.3, -0.25) is 25.0 Å². The number of nitrogens with zero attached hydrogens (tertiary/aromatic N) is 2. The van der Waals surface area contributed by atoms with Crippen LogP contribution in [0.25, 0.3) is 10.8 Å². The quantitative estimate of drug-likeness (QED) is 0.572. The first kappa shape index (κ1) is 16.1. The number of benzene rings is 3. The molecule has 8 heteroatoms. The van der Waals surface area contributed by atoms with Gasteiger partial charge in [-0.05, 0) is 17.5 Å². The molecular weight excluding hydrogens is 326 g/mol. The highest BCUT2D eigenvalue weighted by atomic mass is 16.6. The molecule has 0 aliphatic rings. The number of fused-ring (bicyclic) bond motifs is 1. The Bertz CT molecular complexity index is 1010. The van der Waals surface area contributed by atoms with Crippen LogP contribution in [0.1, 0.15) is 10.4 Å². The van der Waals surface area contributed by atoms with Crippen LogP contribution in [0, 0.1) is 20.2 Å². The molecule has 0 fully saturated rings. The van der Waals surface area contributed by atoms with Gasteiger partial charge in [0.25, 0.3) is 17.3 Å². The third kappa shape index (κ3) is 3.13. The van der Waals surface area contributed by atoms with Crippen LogP contribution in [0.15, 0.2) is 60.7 Å². The lowest BCUT2D eigenvalue weighted by molar-refractivity contribution is -0.394.